The second-order valence-corrected chi connectivity index (χ2v) is 8.19. The summed E-state index contributed by atoms with van der Waals surface area (Å²) >= 11 is 3.36. The van der Waals surface area contributed by atoms with Crippen LogP contribution in [0.2, 0.25) is 0 Å². The highest BCUT2D eigenvalue weighted by Crippen LogP contribution is 2.23. The first kappa shape index (κ1) is 21.1. The van der Waals surface area contributed by atoms with Gasteiger partial charge in [-0.2, -0.15) is 0 Å². The molecule has 1 heterocycles. The molecule has 0 aliphatic carbocycles. The predicted octanol–water partition coefficient (Wildman–Crippen LogP) is 5.44. The number of ketones is 1. The smallest absolute Gasteiger partial charge is 0.310 e. The predicted molar refractivity (Wildman–Crippen MR) is 118 cm³/mol. The highest BCUT2D eigenvalue weighted by molar-refractivity contribution is 9.10. The molecule has 0 saturated heterocycles. The Morgan fingerprint density at radius 3 is 2.28 bits per heavy atom. The minimum absolute atomic E-state index is 0.141. The molecule has 0 aliphatic rings. The van der Waals surface area contributed by atoms with Crippen molar-refractivity contribution in [2.45, 2.75) is 34.1 Å². The minimum atomic E-state index is -0.413. The normalized spacial score (nSPS) is 10.8. The lowest BCUT2D eigenvalue weighted by Gasteiger charge is -2.12. The van der Waals surface area contributed by atoms with E-state index < -0.39 is 5.97 Å². The Hall–Kier alpha value is -2.66. The number of carbonyl (C=O) groups excluding carboxylic acids is 2. The van der Waals surface area contributed by atoms with Crippen molar-refractivity contribution in [3.8, 4) is 5.69 Å². The second-order valence-electron chi connectivity index (χ2n) is 7.28. The summed E-state index contributed by atoms with van der Waals surface area (Å²) in [7, 11) is 0. The quantitative estimate of drug-likeness (QED) is 0.368. The molecule has 3 aromatic rings. The zero-order valence-corrected chi connectivity index (χ0v) is 18.7. The standard InChI is InChI=1S/C24H24BrNO3/c1-15-5-10-21(11-16(15)2)26-17(3)12-22(18(26)4)23(27)14-29-24(28)13-19-6-8-20(25)9-7-19/h5-12H,13-14H2,1-4H3. The lowest BCUT2D eigenvalue weighted by Crippen LogP contribution is -2.16. The number of Topliss-reactive ketones (excluding diaryl/α,β-unsaturated/α-hetero) is 1. The molecular weight excluding hydrogens is 430 g/mol. The maximum absolute atomic E-state index is 12.7. The molecule has 0 unspecified atom stereocenters. The number of rotatable bonds is 6. The Labute approximate surface area is 179 Å². The summed E-state index contributed by atoms with van der Waals surface area (Å²) in [6.45, 7) is 7.78. The number of halogens is 1. The summed E-state index contributed by atoms with van der Waals surface area (Å²) in [6.07, 6.45) is 0.141. The topological polar surface area (TPSA) is 48.3 Å². The van der Waals surface area contributed by atoms with Gasteiger partial charge in [0.05, 0.1) is 6.42 Å². The molecule has 4 nitrogen and oxygen atoms in total. The highest BCUT2D eigenvalue weighted by Gasteiger charge is 2.18. The first-order valence-corrected chi connectivity index (χ1v) is 10.3. The fraction of sp³-hybridized carbons (Fsp3) is 0.250. The van der Waals surface area contributed by atoms with E-state index in [1.807, 2.05) is 44.2 Å². The van der Waals surface area contributed by atoms with E-state index in [1.54, 1.807) is 0 Å². The van der Waals surface area contributed by atoms with Crippen molar-refractivity contribution in [3.63, 3.8) is 0 Å². The van der Waals surface area contributed by atoms with E-state index >= 15 is 0 Å². The molecule has 150 valence electrons. The Kier molecular flexibility index (Phi) is 6.38. The Balaban J connectivity index is 1.70. The van der Waals surface area contributed by atoms with Gasteiger partial charge in [-0.15, -0.1) is 0 Å². The van der Waals surface area contributed by atoms with Crippen molar-refractivity contribution in [1.29, 1.82) is 0 Å². The van der Waals surface area contributed by atoms with E-state index in [1.165, 1.54) is 11.1 Å². The summed E-state index contributed by atoms with van der Waals surface area (Å²) in [5.41, 5.74) is 6.69. The first-order chi connectivity index (χ1) is 13.8. The average molecular weight is 454 g/mol. The van der Waals surface area contributed by atoms with Crippen molar-refractivity contribution in [2.75, 3.05) is 6.61 Å². The maximum atomic E-state index is 12.7. The van der Waals surface area contributed by atoms with Crippen molar-refractivity contribution < 1.29 is 14.3 Å². The molecule has 3 rings (SSSR count). The van der Waals surface area contributed by atoms with Crippen molar-refractivity contribution in [1.82, 2.24) is 4.57 Å². The molecule has 0 aliphatic heterocycles. The van der Waals surface area contributed by atoms with E-state index in [9.17, 15) is 9.59 Å². The molecule has 0 N–H and O–H groups in total. The number of hydrogen-bond donors (Lipinski definition) is 0. The van der Waals surface area contributed by atoms with Crippen molar-refractivity contribution >= 4 is 27.7 Å². The summed E-state index contributed by atoms with van der Waals surface area (Å²) < 4.78 is 8.23. The number of ether oxygens (including phenoxy) is 1. The highest BCUT2D eigenvalue weighted by atomic mass is 79.9. The van der Waals surface area contributed by atoms with Gasteiger partial charge in [-0.1, -0.05) is 34.1 Å². The molecule has 0 radical (unpaired) electrons. The van der Waals surface area contributed by atoms with Crippen LogP contribution >= 0.6 is 15.9 Å². The zero-order chi connectivity index (χ0) is 21.1. The average Bonchev–Trinajstić information content (AvgIpc) is 2.98. The van der Waals surface area contributed by atoms with Crippen molar-refractivity contribution in [2.24, 2.45) is 0 Å². The molecule has 0 saturated carbocycles. The number of benzene rings is 2. The third-order valence-electron chi connectivity index (χ3n) is 5.11. The van der Waals surface area contributed by atoms with Gasteiger partial charge in [-0.05, 0) is 74.7 Å². The third-order valence-corrected chi connectivity index (χ3v) is 5.63. The van der Waals surface area contributed by atoms with E-state index in [2.05, 4.69) is 52.5 Å². The van der Waals surface area contributed by atoms with E-state index in [0.29, 0.717) is 5.56 Å². The molecule has 29 heavy (non-hydrogen) atoms. The number of aromatic nitrogens is 1. The third kappa shape index (κ3) is 4.85. The van der Waals surface area contributed by atoms with Gasteiger partial charge in [0, 0.05) is 27.1 Å². The lowest BCUT2D eigenvalue weighted by atomic mass is 10.1. The van der Waals surface area contributed by atoms with Gasteiger partial charge >= 0.3 is 5.97 Å². The van der Waals surface area contributed by atoms with Gasteiger partial charge < -0.3 is 9.30 Å². The van der Waals surface area contributed by atoms with Crippen LogP contribution < -0.4 is 0 Å². The SMILES string of the molecule is Cc1ccc(-n2c(C)cc(C(=O)COC(=O)Cc3ccc(Br)cc3)c2C)cc1C. The lowest BCUT2D eigenvalue weighted by molar-refractivity contribution is -0.141. The van der Waals surface area contributed by atoms with Crippen LogP contribution in [0.15, 0.2) is 53.0 Å². The van der Waals surface area contributed by atoms with Gasteiger partial charge in [0.2, 0.25) is 5.78 Å². The molecular formula is C24H24BrNO3. The van der Waals surface area contributed by atoms with Crippen LogP contribution in [0.25, 0.3) is 5.69 Å². The Morgan fingerprint density at radius 2 is 1.62 bits per heavy atom. The van der Waals surface area contributed by atoms with Gasteiger partial charge in [0.25, 0.3) is 0 Å². The number of carbonyl (C=O) groups is 2. The van der Waals surface area contributed by atoms with Gasteiger partial charge in [-0.3, -0.25) is 9.59 Å². The van der Waals surface area contributed by atoms with Crippen LogP contribution in [0.3, 0.4) is 0 Å². The van der Waals surface area contributed by atoms with E-state index in [4.69, 9.17) is 4.74 Å². The van der Waals surface area contributed by atoms with E-state index in [0.717, 1.165) is 27.1 Å². The summed E-state index contributed by atoms with van der Waals surface area (Å²) in [4.78, 5) is 24.8. The Bertz CT molecular complexity index is 1060. The zero-order valence-electron chi connectivity index (χ0n) is 17.1. The number of aryl methyl sites for hydroxylation is 3. The van der Waals surface area contributed by atoms with Gasteiger partial charge in [0.15, 0.2) is 6.61 Å². The maximum Gasteiger partial charge on any atom is 0.310 e. The molecule has 5 heteroatoms. The number of nitrogens with zero attached hydrogens (tertiary/aromatic N) is 1. The monoisotopic (exact) mass is 453 g/mol. The summed E-state index contributed by atoms with van der Waals surface area (Å²) in [5.74, 6) is -0.610. The number of esters is 1. The van der Waals surface area contributed by atoms with Gasteiger partial charge in [-0.25, -0.2) is 0 Å². The second kappa shape index (κ2) is 8.78. The first-order valence-electron chi connectivity index (χ1n) is 9.46. The number of hydrogen-bond acceptors (Lipinski definition) is 3. The minimum Gasteiger partial charge on any atom is -0.457 e. The summed E-state index contributed by atoms with van der Waals surface area (Å²) in [6, 6.07) is 15.5. The van der Waals surface area contributed by atoms with Crippen LogP contribution in [0, 0.1) is 27.7 Å². The molecule has 0 amide bonds. The van der Waals surface area contributed by atoms with Crippen LogP contribution in [0.1, 0.15) is 38.4 Å². The fourth-order valence-electron chi connectivity index (χ4n) is 3.35. The fourth-order valence-corrected chi connectivity index (χ4v) is 3.62. The summed E-state index contributed by atoms with van der Waals surface area (Å²) in [5, 5.41) is 0. The Morgan fingerprint density at radius 1 is 0.931 bits per heavy atom. The largest absolute Gasteiger partial charge is 0.457 e. The van der Waals surface area contributed by atoms with E-state index in [-0.39, 0.29) is 18.8 Å². The van der Waals surface area contributed by atoms with Crippen LogP contribution in [-0.4, -0.2) is 22.9 Å². The van der Waals surface area contributed by atoms with Crippen LogP contribution in [0.4, 0.5) is 0 Å². The molecule has 0 spiro atoms. The molecule has 1 aromatic heterocycles. The molecule has 2 aromatic carbocycles. The van der Waals surface area contributed by atoms with Gasteiger partial charge in [0.1, 0.15) is 0 Å². The van der Waals surface area contributed by atoms with Crippen LogP contribution in [-0.2, 0) is 16.0 Å². The molecule has 0 fully saturated rings. The molecule has 0 atom stereocenters. The van der Waals surface area contributed by atoms with Crippen molar-refractivity contribution in [3.05, 3.63) is 86.6 Å². The van der Waals surface area contributed by atoms with Crippen LogP contribution in [0.5, 0.6) is 0 Å². The molecule has 0 bridgehead atoms.